The molecule has 0 saturated heterocycles. The van der Waals surface area contributed by atoms with Crippen LogP contribution in [0.25, 0.3) is 10.9 Å². The molecule has 2 nitrogen and oxygen atoms in total. The maximum Gasteiger partial charge on any atom is 0.134 e. The number of Topliss-reactive ketones (excluding diaryl/α,β-unsaturated/α-hetero) is 1. The number of rotatable bonds is 2. The van der Waals surface area contributed by atoms with Crippen LogP contribution in [0.3, 0.4) is 0 Å². The van der Waals surface area contributed by atoms with Crippen molar-refractivity contribution in [3.05, 3.63) is 30.3 Å². The van der Waals surface area contributed by atoms with Gasteiger partial charge in [0.05, 0.1) is 5.03 Å². The molecule has 1 atom stereocenters. The summed E-state index contributed by atoms with van der Waals surface area (Å²) in [4.78, 5) is 14.6. The minimum atomic E-state index is 0.411. The lowest BCUT2D eigenvalue weighted by Gasteiger charge is -2.04. The largest absolute Gasteiger partial charge is 0.350 e. The highest BCUT2D eigenvalue weighted by Gasteiger charge is 2.23. The maximum atomic E-state index is 11.2. The van der Waals surface area contributed by atoms with Crippen LogP contribution >= 0.6 is 11.8 Å². The van der Waals surface area contributed by atoms with Gasteiger partial charge in [0.15, 0.2) is 0 Å². The third-order valence-corrected chi connectivity index (χ3v) is 4.21. The van der Waals surface area contributed by atoms with E-state index in [0.29, 0.717) is 11.0 Å². The summed E-state index contributed by atoms with van der Waals surface area (Å²) in [5, 5.41) is 2.90. The summed E-state index contributed by atoms with van der Waals surface area (Å²) in [6.07, 6.45) is 2.52. The van der Waals surface area contributed by atoms with Gasteiger partial charge in [-0.2, -0.15) is 0 Å². The number of nitrogens with one attached hydrogen (secondary N) is 1. The number of carbonyl (C=O) groups excluding carboxylic acids is 1. The molecular formula is C13H13NOS. The summed E-state index contributed by atoms with van der Waals surface area (Å²) in [5.41, 5.74) is 1.18. The highest BCUT2D eigenvalue weighted by molar-refractivity contribution is 7.99. The molecule has 1 heterocycles. The Balaban J connectivity index is 1.81. The van der Waals surface area contributed by atoms with Gasteiger partial charge >= 0.3 is 0 Å². The molecule has 0 aliphatic heterocycles. The molecule has 2 aromatic rings. The first kappa shape index (κ1) is 9.97. The molecule has 1 unspecified atom stereocenters. The molecule has 1 fully saturated rings. The second kappa shape index (κ2) is 3.98. The summed E-state index contributed by atoms with van der Waals surface area (Å²) < 4.78 is 0. The first-order valence-corrected chi connectivity index (χ1v) is 6.45. The van der Waals surface area contributed by atoms with Gasteiger partial charge in [-0.1, -0.05) is 18.2 Å². The quantitative estimate of drug-likeness (QED) is 0.859. The summed E-state index contributed by atoms with van der Waals surface area (Å²) >= 11 is 1.80. The molecule has 0 radical (unpaired) electrons. The highest BCUT2D eigenvalue weighted by Crippen LogP contribution is 2.34. The first-order valence-electron chi connectivity index (χ1n) is 5.57. The first-order chi connectivity index (χ1) is 7.81. The zero-order valence-electron chi connectivity index (χ0n) is 8.90. The summed E-state index contributed by atoms with van der Waals surface area (Å²) in [5.74, 6) is 0.411. The third-order valence-electron chi connectivity index (χ3n) is 3.00. The van der Waals surface area contributed by atoms with Crippen molar-refractivity contribution in [1.82, 2.24) is 4.98 Å². The molecule has 1 aliphatic rings. The number of H-pyrrole nitrogens is 1. The lowest BCUT2D eigenvalue weighted by molar-refractivity contribution is -0.117. The number of fused-ring (bicyclic) bond motifs is 1. The Morgan fingerprint density at radius 3 is 2.94 bits per heavy atom. The lowest BCUT2D eigenvalue weighted by Crippen LogP contribution is -1.95. The van der Waals surface area contributed by atoms with Crippen molar-refractivity contribution in [3.63, 3.8) is 0 Å². The number of para-hydroxylation sites is 1. The molecule has 1 aliphatic carbocycles. The zero-order chi connectivity index (χ0) is 11.0. The van der Waals surface area contributed by atoms with Gasteiger partial charge in [-0.25, -0.2) is 0 Å². The Labute approximate surface area is 98.4 Å². The molecule has 16 heavy (non-hydrogen) atoms. The van der Waals surface area contributed by atoms with E-state index in [0.717, 1.165) is 19.3 Å². The molecule has 0 spiro atoms. The van der Waals surface area contributed by atoms with E-state index in [9.17, 15) is 4.79 Å². The lowest BCUT2D eigenvalue weighted by atomic mass is 10.3. The van der Waals surface area contributed by atoms with Crippen LogP contribution in [-0.2, 0) is 4.79 Å². The van der Waals surface area contributed by atoms with E-state index in [4.69, 9.17) is 0 Å². The predicted molar refractivity (Wildman–Crippen MR) is 66.8 cm³/mol. The van der Waals surface area contributed by atoms with Crippen molar-refractivity contribution < 1.29 is 4.79 Å². The summed E-state index contributed by atoms with van der Waals surface area (Å²) in [6, 6.07) is 10.4. The van der Waals surface area contributed by atoms with E-state index in [1.54, 1.807) is 11.8 Å². The number of carbonyl (C=O) groups is 1. The number of hydrogen-bond donors (Lipinski definition) is 1. The Bertz CT molecular complexity index is 498. The molecule has 0 amide bonds. The third kappa shape index (κ3) is 1.87. The Hall–Kier alpha value is -1.22. The average molecular weight is 231 g/mol. The van der Waals surface area contributed by atoms with Crippen LogP contribution in [0.4, 0.5) is 0 Å². The molecule has 1 saturated carbocycles. The number of benzene rings is 1. The number of aromatic amines is 1. The van der Waals surface area contributed by atoms with Crippen molar-refractivity contribution in [3.8, 4) is 0 Å². The van der Waals surface area contributed by atoms with Crippen LogP contribution in [-0.4, -0.2) is 16.0 Å². The fourth-order valence-corrected chi connectivity index (χ4v) is 3.40. The molecule has 82 valence electrons. The molecule has 1 N–H and O–H groups in total. The second-order valence-corrected chi connectivity index (χ2v) is 5.58. The fourth-order valence-electron chi connectivity index (χ4n) is 2.17. The van der Waals surface area contributed by atoms with E-state index in [2.05, 4.69) is 23.2 Å². The maximum absolute atomic E-state index is 11.2. The van der Waals surface area contributed by atoms with Gasteiger partial charge in [-0.05, 0) is 18.6 Å². The number of hydrogen-bond acceptors (Lipinski definition) is 2. The van der Waals surface area contributed by atoms with E-state index in [1.807, 2.05) is 12.1 Å². The van der Waals surface area contributed by atoms with Gasteiger partial charge in [-0.15, -0.1) is 11.8 Å². The summed E-state index contributed by atoms with van der Waals surface area (Å²) in [6.45, 7) is 0. The van der Waals surface area contributed by atoms with Gasteiger partial charge in [-0.3, -0.25) is 4.79 Å². The topological polar surface area (TPSA) is 32.9 Å². The minimum Gasteiger partial charge on any atom is -0.350 e. The van der Waals surface area contributed by atoms with E-state index in [1.165, 1.54) is 15.9 Å². The highest BCUT2D eigenvalue weighted by atomic mass is 32.2. The van der Waals surface area contributed by atoms with Crippen LogP contribution in [0, 0.1) is 0 Å². The molecule has 0 bridgehead atoms. The van der Waals surface area contributed by atoms with Crippen molar-refractivity contribution in [2.24, 2.45) is 0 Å². The van der Waals surface area contributed by atoms with Crippen LogP contribution in [0.5, 0.6) is 0 Å². The fraction of sp³-hybridized carbons (Fsp3) is 0.308. The van der Waals surface area contributed by atoms with Crippen molar-refractivity contribution in [2.75, 3.05) is 0 Å². The van der Waals surface area contributed by atoms with E-state index >= 15 is 0 Å². The van der Waals surface area contributed by atoms with Crippen molar-refractivity contribution >= 4 is 28.4 Å². The number of aromatic nitrogens is 1. The normalized spacial score (nSPS) is 20.8. The zero-order valence-corrected chi connectivity index (χ0v) is 9.72. The monoisotopic (exact) mass is 231 g/mol. The van der Waals surface area contributed by atoms with Crippen LogP contribution < -0.4 is 0 Å². The number of thioether (sulfide) groups is 1. The van der Waals surface area contributed by atoms with Crippen LogP contribution in [0.2, 0.25) is 0 Å². The number of ketones is 1. The van der Waals surface area contributed by atoms with Gasteiger partial charge < -0.3 is 4.98 Å². The van der Waals surface area contributed by atoms with Gasteiger partial charge in [0.2, 0.25) is 0 Å². The summed E-state index contributed by atoms with van der Waals surface area (Å²) in [7, 11) is 0. The molecular weight excluding hydrogens is 218 g/mol. The van der Waals surface area contributed by atoms with Crippen LogP contribution in [0.15, 0.2) is 35.4 Å². The SMILES string of the molecule is O=C1CCC(Sc2cc3ccccc3[nH]2)C1. The van der Waals surface area contributed by atoms with Gasteiger partial charge in [0.25, 0.3) is 0 Å². The molecule has 3 rings (SSSR count). The van der Waals surface area contributed by atoms with E-state index < -0.39 is 0 Å². The van der Waals surface area contributed by atoms with Crippen molar-refractivity contribution in [1.29, 1.82) is 0 Å². The Morgan fingerprint density at radius 2 is 2.19 bits per heavy atom. The molecule has 3 heteroatoms. The standard InChI is InChI=1S/C13H13NOS/c15-10-5-6-11(8-10)16-13-7-9-3-1-2-4-12(9)14-13/h1-4,7,11,14H,5-6,8H2. The van der Waals surface area contributed by atoms with Crippen molar-refractivity contribution in [2.45, 2.75) is 29.5 Å². The second-order valence-electron chi connectivity index (χ2n) is 4.24. The predicted octanol–water partition coefficient (Wildman–Crippen LogP) is 3.38. The average Bonchev–Trinajstić information content (AvgIpc) is 2.84. The van der Waals surface area contributed by atoms with Crippen LogP contribution in [0.1, 0.15) is 19.3 Å². The smallest absolute Gasteiger partial charge is 0.134 e. The van der Waals surface area contributed by atoms with Gasteiger partial charge in [0, 0.05) is 29.0 Å². The minimum absolute atomic E-state index is 0.411. The Morgan fingerprint density at radius 1 is 1.31 bits per heavy atom. The molecule has 1 aromatic carbocycles. The molecule has 1 aromatic heterocycles. The van der Waals surface area contributed by atoms with E-state index in [-0.39, 0.29) is 0 Å². The van der Waals surface area contributed by atoms with Gasteiger partial charge in [0.1, 0.15) is 5.78 Å². The Kier molecular flexibility index (Phi) is 2.48.